The molecule has 1 aromatic carbocycles. The SMILES string of the molecule is CC(=O)N1CCN(C(=O)CCC(=O)c2ccc3c(c2)CCC3)CC1. The van der Waals surface area contributed by atoms with Gasteiger partial charge in [-0.15, -0.1) is 0 Å². The molecule has 0 radical (unpaired) electrons. The zero-order valence-corrected chi connectivity index (χ0v) is 14.2. The van der Waals surface area contributed by atoms with Crippen molar-refractivity contribution in [2.75, 3.05) is 26.2 Å². The molecule has 1 aromatic rings. The van der Waals surface area contributed by atoms with E-state index in [1.807, 2.05) is 12.1 Å². The molecule has 1 heterocycles. The molecule has 128 valence electrons. The summed E-state index contributed by atoms with van der Waals surface area (Å²) in [5, 5.41) is 0. The number of piperazine rings is 1. The molecular weight excluding hydrogens is 304 g/mol. The number of carbonyl (C=O) groups excluding carboxylic acids is 3. The van der Waals surface area contributed by atoms with E-state index in [9.17, 15) is 14.4 Å². The van der Waals surface area contributed by atoms with Crippen LogP contribution in [-0.2, 0) is 22.4 Å². The minimum atomic E-state index is 0.00714. The second-order valence-corrected chi connectivity index (χ2v) is 6.65. The highest BCUT2D eigenvalue weighted by Gasteiger charge is 2.23. The molecule has 24 heavy (non-hydrogen) atoms. The van der Waals surface area contributed by atoms with E-state index in [2.05, 4.69) is 6.07 Å². The lowest BCUT2D eigenvalue weighted by molar-refractivity contribution is -0.138. The van der Waals surface area contributed by atoms with E-state index in [1.165, 1.54) is 11.1 Å². The van der Waals surface area contributed by atoms with Gasteiger partial charge in [-0.05, 0) is 36.5 Å². The molecule has 5 nitrogen and oxygen atoms in total. The number of carbonyl (C=O) groups is 3. The number of rotatable bonds is 4. The molecule has 0 atom stereocenters. The number of hydrogen-bond acceptors (Lipinski definition) is 3. The van der Waals surface area contributed by atoms with E-state index in [1.54, 1.807) is 16.7 Å². The Morgan fingerprint density at radius 1 is 0.917 bits per heavy atom. The second kappa shape index (κ2) is 7.16. The lowest BCUT2D eigenvalue weighted by Crippen LogP contribution is -2.50. The van der Waals surface area contributed by atoms with Gasteiger partial charge in [0.25, 0.3) is 0 Å². The van der Waals surface area contributed by atoms with Crippen LogP contribution in [0.25, 0.3) is 0 Å². The summed E-state index contributed by atoms with van der Waals surface area (Å²) < 4.78 is 0. The Hall–Kier alpha value is -2.17. The van der Waals surface area contributed by atoms with Crippen LogP contribution in [0.5, 0.6) is 0 Å². The fourth-order valence-corrected chi connectivity index (χ4v) is 3.54. The number of aryl methyl sites for hydroxylation is 2. The molecule has 2 amide bonds. The molecule has 0 bridgehead atoms. The van der Waals surface area contributed by atoms with Crippen molar-refractivity contribution in [2.45, 2.75) is 39.0 Å². The predicted molar refractivity (Wildman–Crippen MR) is 90.9 cm³/mol. The molecule has 0 N–H and O–H groups in total. The number of hydrogen-bond donors (Lipinski definition) is 0. The number of benzene rings is 1. The smallest absolute Gasteiger partial charge is 0.223 e. The Kier molecular flexibility index (Phi) is 4.97. The number of amides is 2. The van der Waals surface area contributed by atoms with Gasteiger partial charge in [-0.3, -0.25) is 14.4 Å². The molecule has 1 aliphatic carbocycles. The summed E-state index contributed by atoms with van der Waals surface area (Å²) in [6, 6.07) is 5.95. The summed E-state index contributed by atoms with van der Waals surface area (Å²) in [6.45, 7) is 3.84. The summed E-state index contributed by atoms with van der Waals surface area (Å²) >= 11 is 0. The molecule has 1 aliphatic heterocycles. The van der Waals surface area contributed by atoms with E-state index >= 15 is 0 Å². The Labute approximate surface area is 142 Å². The third-order valence-corrected chi connectivity index (χ3v) is 5.06. The standard InChI is InChI=1S/C19H24N2O3/c1-14(22)20-9-11-21(12-10-20)19(24)8-7-18(23)17-6-5-15-3-2-4-16(15)13-17/h5-6,13H,2-4,7-12H2,1H3. The van der Waals surface area contributed by atoms with Gasteiger partial charge in [0.2, 0.25) is 11.8 Å². The van der Waals surface area contributed by atoms with Crippen LogP contribution < -0.4 is 0 Å². The maximum absolute atomic E-state index is 12.3. The van der Waals surface area contributed by atoms with Crippen molar-refractivity contribution in [3.8, 4) is 0 Å². The first-order valence-corrected chi connectivity index (χ1v) is 8.73. The van der Waals surface area contributed by atoms with Gasteiger partial charge in [0.15, 0.2) is 5.78 Å². The predicted octanol–water partition coefficient (Wildman–Crippen LogP) is 1.83. The Bertz CT molecular complexity index is 661. The zero-order chi connectivity index (χ0) is 17.1. The average Bonchev–Trinajstić information content (AvgIpc) is 3.07. The summed E-state index contributed by atoms with van der Waals surface area (Å²) in [4.78, 5) is 39.4. The first-order valence-electron chi connectivity index (χ1n) is 8.73. The zero-order valence-electron chi connectivity index (χ0n) is 14.2. The number of fused-ring (bicyclic) bond motifs is 1. The van der Waals surface area contributed by atoms with E-state index in [-0.39, 0.29) is 30.4 Å². The molecule has 2 aliphatic rings. The van der Waals surface area contributed by atoms with Crippen molar-refractivity contribution in [1.29, 1.82) is 0 Å². The molecule has 1 saturated heterocycles. The molecular formula is C19H24N2O3. The maximum Gasteiger partial charge on any atom is 0.223 e. The van der Waals surface area contributed by atoms with Crippen LogP contribution in [0, 0.1) is 0 Å². The van der Waals surface area contributed by atoms with Gasteiger partial charge in [-0.1, -0.05) is 12.1 Å². The fraction of sp³-hybridized carbons (Fsp3) is 0.526. The van der Waals surface area contributed by atoms with Gasteiger partial charge in [0.1, 0.15) is 0 Å². The van der Waals surface area contributed by atoms with Crippen molar-refractivity contribution in [2.24, 2.45) is 0 Å². The lowest BCUT2D eigenvalue weighted by atomic mass is 10.0. The number of Topliss-reactive ketones (excluding diaryl/α,β-unsaturated/α-hetero) is 1. The van der Waals surface area contributed by atoms with E-state index in [4.69, 9.17) is 0 Å². The van der Waals surface area contributed by atoms with Gasteiger partial charge in [-0.25, -0.2) is 0 Å². The van der Waals surface area contributed by atoms with Gasteiger partial charge in [0, 0.05) is 51.5 Å². The summed E-state index contributed by atoms with van der Waals surface area (Å²) in [7, 11) is 0. The molecule has 0 aromatic heterocycles. The van der Waals surface area contributed by atoms with Crippen LogP contribution in [-0.4, -0.2) is 53.6 Å². The third-order valence-electron chi connectivity index (χ3n) is 5.06. The van der Waals surface area contributed by atoms with Crippen LogP contribution in [0.2, 0.25) is 0 Å². The van der Waals surface area contributed by atoms with Crippen molar-refractivity contribution < 1.29 is 14.4 Å². The Morgan fingerprint density at radius 3 is 2.29 bits per heavy atom. The van der Waals surface area contributed by atoms with Crippen LogP contribution in [0.3, 0.4) is 0 Å². The Morgan fingerprint density at radius 2 is 1.58 bits per heavy atom. The first-order chi connectivity index (χ1) is 11.5. The van der Waals surface area contributed by atoms with Crippen LogP contribution in [0.4, 0.5) is 0 Å². The highest BCUT2D eigenvalue weighted by molar-refractivity contribution is 5.98. The lowest BCUT2D eigenvalue weighted by Gasteiger charge is -2.34. The molecule has 0 spiro atoms. The highest BCUT2D eigenvalue weighted by Crippen LogP contribution is 2.23. The van der Waals surface area contributed by atoms with Gasteiger partial charge in [-0.2, -0.15) is 0 Å². The minimum absolute atomic E-state index is 0.00714. The number of nitrogens with zero attached hydrogens (tertiary/aromatic N) is 2. The van der Waals surface area contributed by atoms with Crippen LogP contribution in [0.15, 0.2) is 18.2 Å². The van der Waals surface area contributed by atoms with Crippen molar-refractivity contribution in [3.05, 3.63) is 34.9 Å². The van der Waals surface area contributed by atoms with Gasteiger partial charge >= 0.3 is 0 Å². The average molecular weight is 328 g/mol. The topological polar surface area (TPSA) is 57.7 Å². The number of ketones is 1. The van der Waals surface area contributed by atoms with E-state index < -0.39 is 0 Å². The van der Waals surface area contributed by atoms with Crippen molar-refractivity contribution >= 4 is 17.6 Å². The molecule has 3 rings (SSSR count). The molecule has 0 saturated carbocycles. The van der Waals surface area contributed by atoms with Gasteiger partial charge in [0.05, 0.1) is 0 Å². The fourth-order valence-electron chi connectivity index (χ4n) is 3.54. The first kappa shape index (κ1) is 16.7. The monoisotopic (exact) mass is 328 g/mol. The quantitative estimate of drug-likeness (QED) is 0.792. The minimum Gasteiger partial charge on any atom is -0.339 e. The van der Waals surface area contributed by atoms with Crippen molar-refractivity contribution in [3.63, 3.8) is 0 Å². The summed E-state index contributed by atoms with van der Waals surface area (Å²) in [5.74, 6) is 0.0991. The van der Waals surface area contributed by atoms with Crippen molar-refractivity contribution in [1.82, 2.24) is 9.80 Å². The van der Waals surface area contributed by atoms with E-state index in [0.717, 1.165) is 24.8 Å². The molecule has 0 unspecified atom stereocenters. The summed E-state index contributed by atoms with van der Waals surface area (Å²) in [5.41, 5.74) is 3.36. The van der Waals surface area contributed by atoms with Gasteiger partial charge < -0.3 is 9.80 Å². The highest BCUT2D eigenvalue weighted by atomic mass is 16.2. The molecule has 1 fully saturated rings. The largest absolute Gasteiger partial charge is 0.339 e. The van der Waals surface area contributed by atoms with Crippen LogP contribution >= 0.6 is 0 Å². The Balaban J connectivity index is 1.49. The third kappa shape index (κ3) is 3.66. The maximum atomic E-state index is 12.3. The van der Waals surface area contributed by atoms with Crippen LogP contribution in [0.1, 0.15) is 47.7 Å². The molecule has 5 heteroatoms. The summed E-state index contributed by atoms with van der Waals surface area (Å²) in [6.07, 6.45) is 3.82. The second-order valence-electron chi connectivity index (χ2n) is 6.65. The van der Waals surface area contributed by atoms with E-state index in [0.29, 0.717) is 26.2 Å². The normalized spacial score (nSPS) is 16.9.